The van der Waals surface area contributed by atoms with Crippen molar-refractivity contribution in [2.24, 2.45) is 23.7 Å². The van der Waals surface area contributed by atoms with Gasteiger partial charge in [-0.05, 0) is 56.4 Å². The van der Waals surface area contributed by atoms with Crippen LogP contribution >= 0.6 is 0 Å². The fourth-order valence-corrected chi connectivity index (χ4v) is 6.63. The second-order valence-corrected chi connectivity index (χ2v) is 10.5. The van der Waals surface area contributed by atoms with Gasteiger partial charge in [-0.15, -0.1) is 0 Å². The van der Waals surface area contributed by atoms with Crippen LogP contribution in [0.4, 0.5) is 0 Å². The van der Waals surface area contributed by atoms with Gasteiger partial charge in [0.25, 0.3) is 0 Å². The molecule has 0 aromatic heterocycles. The second-order valence-electron chi connectivity index (χ2n) is 10.5. The van der Waals surface area contributed by atoms with Gasteiger partial charge in [0.05, 0.1) is 6.10 Å². The molecule has 1 spiro atoms. The molecule has 1 aromatic carbocycles. The zero-order valence-electron chi connectivity index (χ0n) is 19.4. The van der Waals surface area contributed by atoms with E-state index in [9.17, 15) is 0 Å². The van der Waals surface area contributed by atoms with Crippen molar-refractivity contribution < 1.29 is 24.0 Å². The molecule has 5 aliphatic rings. The Hall–Kier alpha value is -0.980. The van der Waals surface area contributed by atoms with E-state index in [1.54, 1.807) is 0 Å². The number of benzene rings is 1. The van der Waals surface area contributed by atoms with Crippen molar-refractivity contribution in [3.05, 3.63) is 35.9 Å². The van der Waals surface area contributed by atoms with Gasteiger partial charge in [-0.3, -0.25) is 0 Å². The molecule has 2 bridgehead atoms. The van der Waals surface area contributed by atoms with Crippen LogP contribution in [0.15, 0.2) is 30.3 Å². The fraction of sp³-hybridized carbons (Fsp3) is 0.769. The van der Waals surface area contributed by atoms with Crippen molar-refractivity contribution >= 4 is 0 Å². The zero-order chi connectivity index (χ0) is 21.6. The minimum atomic E-state index is -0.741. The minimum absolute atomic E-state index is 0.128. The third-order valence-corrected chi connectivity index (χ3v) is 8.34. The normalized spacial score (nSPS) is 45.0. The molecule has 5 fully saturated rings. The maximum absolute atomic E-state index is 6.69. The maximum atomic E-state index is 6.69. The predicted molar refractivity (Wildman–Crippen MR) is 117 cm³/mol. The lowest BCUT2D eigenvalue weighted by molar-refractivity contribution is -0.578. The highest BCUT2D eigenvalue weighted by Crippen LogP contribution is 2.60. The van der Waals surface area contributed by atoms with E-state index in [2.05, 4.69) is 51.1 Å². The van der Waals surface area contributed by atoms with E-state index in [1.807, 2.05) is 6.92 Å². The largest absolute Gasteiger partial charge is 0.349 e. The molecule has 0 radical (unpaired) electrons. The molecule has 9 atom stereocenters. The van der Waals surface area contributed by atoms with E-state index >= 15 is 0 Å². The van der Waals surface area contributed by atoms with Gasteiger partial charge >= 0.3 is 0 Å². The molecule has 4 aliphatic heterocycles. The maximum Gasteiger partial charge on any atom is 0.201 e. The number of rotatable bonds is 6. The topological polar surface area (TPSA) is 46.2 Å². The van der Waals surface area contributed by atoms with E-state index in [1.165, 1.54) is 12.0 Å². The summed E-state index contributed by atoms with van der Waals surface area (Å²) in [7, 11) is 0. The molecule has 6 rings (SSSR count). The Morgan fingerprint density at radius 1 is 1.06 bits per heavy atom. The molecule has 0 amide bonds. The Morgan fingerprint density at radius 3 is 2.65 bits per heavy atom. The lowest BCUT2D eigenvalue weighted by Gasteiger charge is -2.60. The van der Waals surface area contributed by atoms with Crippen LogP contribution in [0.25, 0.3) is 0 Å². The van der Waals surface area contributed by atoms with E-state index < -0.39 is 17.7 Å². The monoisotopic (exact) mass is 430 g/mol. The van der Waals surface area contributed by atoms with Crippen LogP contribution in [0.5, 0.6) is 0 Å². The molecule has 31 heavy (non-hydrogen) atoms. The number of hydrogen-bond donors (Lipinski definition) is 0. The summed E-state index contributed by atoms with van der Waals surface area (Å²) >= 11 is 0. The van der Waals surface area contributed by atoms with E-state index in [0.717, 1.165) is 38.5 Å². The van der Waals surface area contributed by atoms with Crippen molar-refractivity contribution in [2.45, 2.75) is 103 Å². The Labute approximate surface area is 186 Å². The van der Waals surface area contributed by atoms with Crippen molar-refractivity contribution in [2.75, 3.05) is 0 Å². The highest BCUT2D eigenvalue weighted by Gasteiger charge is 2.69. The van der Waals surface area contributed by atoms with E-state index in [0.29, 0.717) is 17.8 Å². The summed E-state index contributed by atoms with van der Waals surface area (Å²) in [6.07, 6.45) is 6.60. The third kappa shape index (κ3) is 3.76. The molecule has 1 aliphatic carbocycles. The predicted octanol–water partition coefficient (Wildman–Crippen LogP) is 5.62. The van der Waals surface area contributed by atoms with Gasteiger partial charge in [-0.1, -0.05) is 57.5 Å². The summed E-state index contributed by atoms with van der Waals surface area (Å²) < 4.78 is 19.8. The smallest absolute Gasteiger partial charge is 0.201 e. The highest BCUT2D eigenvalue weighted by atomic mass is 17.3. The van der Waals surface area contributed by atoms with Crippen LogP contribution in [-0.2, 0) is 30.4 Å². The van der Waals surface area contributed by atoms with Gasteiger partial charge in [0.1, 0.15) is 0 Å². The van der Waals surface area contributed by atoms with Gasteiger partial charge in [-0.2, -0.15) is 0 Å². The van der Waals surface area contributed by atoms with Gasteiger partial charge in [0.2, 0.25) is 5.79 Å². The molecule has 5 nitrogen and oxygen atoms in total. The number of ether oxygens (including phenoxy) is 3. The molecule has 0 unspecified atom stereocenters. The van der Waals surface area contributed by atoms with Gasteiger partial charge in [0, 0.05) is 18.3 Å². The first-order chi connectivity index (χ1) is 14.9. The molecule has 5 heteroatoms. The summed E-state index contributed by atoms with van der Waals surface area (Å²) in [5.74, 6) is 0.746. The van der Waals surface area contributed by atoms with Gasteiger partial charge < -0.3 is 14.2 Å². The van der Waals surface area contributed by atoms with Crippen molar-refractivity contribution in [3.63, 3.8) is 0 Å². The zero-order valence-corrected chi connectivity index (χ0v) is 19.4. The fourth-order valence-electron chi connectivity index (χ4n) is 6.63. The lowest BCUT2D eigenvalue weighted by Crippen LogP contribution is -2.70. The molecule has 4 saturated heterocycles. The first-order valence-electron chi connectivity index (χ1n) is 12.3. The third-order valence-electron chi connectivity index (χ3n) is 8.34. The Kier molecular flexibility index (Phi) is 5.93. The molecule has 1 saturated carbocycles. The van der Waals surface area contributed by atoms with Crippen molar-refractivity contribution in [3.8, 4) is 0 Å². The Bertz CT molecular complexity index is 755. The summed E-state index contributed by atoms with van der Waals surface area (Å²) in [6.45, 7) is 8.81. The summed E-state index contributed by atoms with van der Waals surface area (Å²) in [4.78, 5) is 12.2. The quantitative estimate of drug-likeness (QED) is 0.548. The minimum Gasteiger partial charge on any atom is -0.349 e. The van der Waals surface area contributed by atoms with E-state index in [-0.39, 0.29) is 18.3 Å². The second kappa shape index (κ2) is 8.42. The molecular weight excluding hydrogens is 392 g/mol. The molecule has 172 valence electrons. The summed E-state index contributed by atoms with van der Waals surface area (Å²) in [5.41, 5.74) is 0.786. The molecule has 0 N–H and O–H groups in total. The van der Waals surface area contributed by atoms with Gasteiger partial charge in [0.15, 0.2) is 18.2 Å². The molecule has 1 aromatic rings. The van der Waals surface area contributed by atoms with Crippen molar-refractivity contribution in [1.29, 1.82) is 0 Å². The van der Waals surface area contributed by atoms with Crippen LogP contribution < -0.4 is 0 Å². The Morgan fingerprint density at radius 2 is 1.87 bits per heavy atom. The lowest BCUT2D eigenvalue weighted by atomic mass is 9.58. The first-order valence-corrected chi connectivity index (χ1v) is 12.3. The average molecular weight is 431 g/mol. The average Bonchev–Trinajstić information content (AvgIpc) is 2.99. The van der Waals surface area contributed by atoms with E-state index in [4.69, 9.17) is 24.0 Å². The summed E-state index contributed by atoms with van der Waals surface area (Å²) in [6, 6.07) is 10.6. The van der Waals surface area contributed by atoms with Crippen LogP contribution in [0.3, 0.4) is 0 Å². The first kappa shape index (κ1) is 21.8. The number of hydrogen-bond acceptors (Lipinski definition) is 5. The van der Waals surface area contributed by atoms with Crippen molar-refractivity contribution in [1.82, 2.24) is 0 Å². The highest BCUT2D eigenvalue weighted by molar-refractivity contribution is 5.15. The van der Waals surface area contributed by atoms with Gasteiger partial charge in [-0.25, -0.2) is 9.78 Å². The van der Waals surface area contributed by atoms with Crippen LogP contribution in [0.2, 0.25) is 0 Å². The van der Waals surface area contributed by atoms with Crippen LogP contribution in [0, 0.1) is 23.7 Å². The van der Waals surface area contributed by atoms with Crippen LogP contribution in [-0.4, -0.2) is 30.1 Å². The SMILES string of the molecule is CCC[C@@H](Cc1ccccc1)O[C@H]1O[C@@H]2O[C@@]3(C)CC[C@H]4[C@H](C)CC[C@@H]([C@H]1C)[C@@]24OO3. The molecule has 4 heterocycles. The Balaban J connectivity index is 1.40. The number of fused-ring (bicyclic) bond motifs is 2. The summed E-state index contributed by atoms with van der Waals surface area (Å²) in [5, 5.41) is 0. The van der Waals surface area contributed by atoms with Crippen LogP contribution in [0.1, 0.15) is 71.8 Å². The standard InChI is InChI=1S/C26H38O5/c1-5-9-20(16-19-10-7-6-8-11-19)27-23-18(3)22-13-12-17(2)21-14-15-25(4)29-24(28-23)26(21,22)31-30-25/h6-8,10-11,17-18,20-24H,5,9,12-16H2,1-4H3/t17-,18-,20+,21+,22+,23+,24-,25-,26-/m1/s1. The molecular formula is C26H38O5.